The summed E-state index contributed by atoms with van der Waals surface area (Å²) in [5, 5.41) is -0.271. The molecule has 4 nitrogen and oxygen atoms in total. The van der Waals surface area contributed by atoms with Gasteiger partial charge in [0.25, 0.3) is 0 Å². The Bertz CT molecular complexity index is 824. The molecule has 25 heavy (non-hydrogen) atoms. The van der Waals surface area contributed by atoms with Crippen LogP contribution in [0.3, 0.4) is 0 Å². The second kappa shape index (κ2) is 7.27. The number of amides is 1. The molecular formula is C19H18FNO3S. The molecule has 0 fully saturated rings. The minimum Gasteiger partial charge on any atom is -0.462 e. The number of hydrogen-bond acceptors (Lipinski definition) is 4. The van der Waals surface area contributed by atoms with Crippen LogP contribution in [0.1, 0.15) is 29.8 Å². The maximum atomic E-state index is 14.0. The van der Waals surface area contributed by atoms with Crippen LogP contribution in [0.4, 0.5) is 10.1 Å². The van der Waals surface area contributed by atoms with Crippen LogP contribution in [0.25, 0.3) is 0 Å². The molecule has 6 heteroatoms. The summed E-state index contributed by atoms with van der Waals surface area (Å²) in [6, 6.07) is 11.5. The van der Waals surface area contributed by atoms with E-state index in [0.29, 0.717) is 16.8 Å². The van der Waals surface area contributed by atoms with Crippen molar-refractivity contribution in [2.24, 2.45) is 0 Å². The van der Waals surface area contributed by atoms with Crippen molar-refractivity contribution in [3.8, 4) is 0 Å². The second-order valence-corrected chi connectivity index (χ2v) is 7.06. The molecule has 0 saturated carbocycles. The first-order chi connectivity index (χ1) is 12.0. The minimum atomic E-state index is -0.438. The Morgan fingerprint density at radius 1 is 1.28 bits per heavy atom. The van der Waals surface area contributed by atoms with E-state index in [4.69, 9.17) is 4.74 Å². The third-order valence-electron chi connectivity index (χ3n) is 3.96. The van der Waals surface area contributed by atoms with Crippen LogP contribution < -0.4 is 4.90 Å². The number of halogens is 1. The van der Waals surface area contributed by atoms with Gasteiger partial charge >= 0.3 is 5.97 Å². The van der Waals surface area contributed by atoms with Crippen LogP contribution in [0.5, 0.6) is 0 Å². The smallest absolute Gasteiger partial charge is 0.338 e. The summed E-state index contributed by atoms with van der Waals surface area (Å²) < 4.78 is 19.1. The molecule has 1 aliphatic heterocycles. The van der Waals surface area contributed by atoms with Crippen LogP contribution in [0.15, 0.2) is 47.4 Å². The largest absolute Gasteiger partial charge is 0.462 e. The molecule has 0 spiro atoms. The van der Waals surface area contributed by atoms with E-state index in [1.165, 1.54) is 22.7 Å². The van der Waals surface area contributed by atoms with Gasteiger partial charge in [-0.2, -0.15) is 0 Å². The highest BCUT2D eigenvalue weighted by Crippen LogP contribution is 2.40. The van der Waals surface area contributed by atoms with Gasteiger partial charge in [-0.25, -0.2) is 9.18 Å². The average Bonchev–Trinajstić information content (AvgIpc) is 2.60. The summed E-state index contributed by atoms with van der Waals surface area (Å²) in [5.74, 6) is -0.904. The molecule has 0 radical (unpaired) electrons. The van der Waals surface area contributed by atoms with Crippen LogP contribution in [-0.2, 0) is 16.1 Å². The summed E-state index contributed by atoms with van der Waals surface area (Å²) in [6.45, 7) is 3.96. The molecule has 0 aliphatic carbocycles. The maximum Gasteiger partial charge on any atom is 0.338 e. The van der Waals surface area contributed by atoms with Gasteiger partial charge in [0.1, 0.15) is 5.82 Å². The van der Waals surface area contributed by atoms with Crippen molar-refractivity contribution in [1.29, 1.82) is 0 Å². The maximum absolute atomic E-state index is 14.0. The lowest BCUT2D eigenvalue weighted by molar-refractivity contribution is -0.118. The number of thioether (sulfide) groups is 1. The van der Waals surface area contributed by atoms with Crippen molar-refractivity contribution in [3.63, 3.8) is 0 Å². The molecule has 1 amide bonds. The van der Waals surface area contributed by atoms with Crippen LogP contribution >= 0.6 is 11.8 Å². The molecule has 1 heterocycles. The van der Waals surface area contributed by atoms with E-state index in [9.17, 15) is 14.0 Å². The fourth-order valence-electron chi connectivity index (χ4n) is 2.71. The molecule has 0 bridgehead atoms. The van der Waals surface area contributed by atoms with Crippen molar-refractivity contribution >= 4 is 29.3 Å². The average molecular weight is 359 g/mol. The number of carbonyl (C=O) groups is 2. The normalized spacial score (nSPS) is 16.5. The number of benzene rings is 2. The van der Waals surface area contributed by atoms with Gasteiger partial charge in [0, 0.05) is 10.5 Å². The third-order valence-corrected chi connectivity index (χ3v) is 5.12. The molecule has 2 aromatic carbocycles. The van der Waals surface area contributed by atoms with Crippen molar-refractivity contribution < 1.29 is 18.7 Å². The SMILES string of the molecule is CCOC(=O)c1ccc2c(c1)N(Cc1ccccc1F)C(=O)C(C)S2. The first-order valence-corrected chi connectivity index (χ1v) is 8.92. The van der Waals surface area contributed by atoms with E-state index in [0.717, 1.165) is 4.90 Å². The zero-order chi connectivity index (χ0) is 18.0. The van der Waals surface area contributed by atoms with E-state index in [2.05, 4.69) is 0 Å². The van der Waals surface area contributed by atoms with Crippen molar-refractivity contribution in [1.82, 2.24) is 0 Å². The Morgan fingerprint density at radius 3 is 2.76 bits per heavy atom. The Balaban J connectivity index is 2.01. The van der Waals surface area contributed by atoms with Gasteiger partial charge in [0.2, 0.25) is 5.91 Å². The molecule has 0 saturated heterocycles. The van der Waals surface area contributed by atoms with Gasteiger partial charge in [-0.3, -0.25) is 4.79 Å². The lowest BCUT2D eigenvalue weighted by Gasteiger charge is -2.32. The summed E-state index contributed by atoms with van der Waals surface area (Å²) in [6.07, 6.45) is 0. The van der Waals surface area contributed by atoms with Gasteiger partial charge in [-0.15, -0.1) is 11.8 Å². The number of anilines is 1. The molecule has 0 aromatic heterocycles. The van der Waals surface area contributed by atoms with Gasteiger partial charge < -0.3 is 9.64 Å². The molecule has 3 rings (SSSR count). The topological polar surface area (TPSA) is 46.6 Å². The Morgan fingerprint density at radius 2 is 2.04 bits per heavy atom. The number of esters is 1. The van der Waals surface area contributed by atoms with E-state index < -0.39 is 5.97 Å². The fourth-order valence-corrected chi connectivity index (χ4v) is 3.75. The highest BCUT2D eigenvalue weighted by Gasteiger charge is 2.32. The molecule has 1 unspecified atom stereocenters. The Kier molecular flexibility index (Phi) is 5.08. The van der Waals surface area contributed by atoms with Crippen LogP contribution in [0.2, 0.25) is 0 Å². The van der Waals surface area contributed by atoms with Gasteiger partial charge in [-0.1, -0.05) is 18.2 Å². The molecule has 0 N–H and O–H groups in total. The lowest BCUT2D eigenvalue weighted by atomic mass is 10.1. The van der Waals surface area contributed by atoms with E-state index in [-0.39, 0.29) is 30.1 Å². The van der Waals surface area contributed by atoms with Crippen molar-refractivity contribution in [3.05, 3.63) is 59.4 Å². The number of ether oxygens (including phenoxy) is 1. The van der Waals surface area contributed by atoms with Gasteiger partial charge in [0.15, 0.2) is 0 Å². The second-order valence-electron chi connectivity index (χ2n) is 5.68. The number of nitrogens with zero attached hydrogens (tertiary/aromatic N) is 1. The summed E-state index contributed by atoms with van der Waals surface area (Å²) in [5.41, 5.74) is 1.42. The number of fused-ring (bicyclic) bond motifs is 1. The molecule has 1 aliphatic rings. The lowest BCUT2D eigenvalue weighted by Crippen LogP contribution is -2.39. The zero-order valence-corrected chi connectivity index (χ0v) is 14.8. The number of carbonyl (C=O) groups excluding carboxylic acids is 2. The summed E-state index contributed by atoms with van der Waals surface area (Å²) >= 11 is 1.44. The first-order valence-electron chi connectivity index (χ1n) is 8.04. The molecule has 130 valence electrons. The summed E-state index contributed by atoms with van der Waals surface area (Å²) in [7, 11) is 0. The van der Waals surface area contributed by atoms with E-state index >= 15 is 0 Å². The Hall–Kier alpha value is -2.34. The van der Waals surface area contributed by atoms with Crippen molar-refractivity contribution in [2.75, 3.05) is 11.5 Å². The highest BCUT2D eigenvalue weighted by molar-refractivity contribution is 8.00. The quantitative estimate of drug-likeness (QED) is 0.773. The summed E-state index contributed by atoms with van der Waals surface area (Å²) in [4.78, 5) is 27.1. The van der Waals surface area contributed by atoms with Crippen molar-refractivity contribution in [2.45, 2.75) is 30.5 Å². The monoisotopic (exact) mass is 359 g/mol. The minimum absolute atomic E-state index is 0.109. The predicted octanol–water partition coefficient (Wildman–Crippen LogP) is 4.03. The standard InChI is InChI=1S/C19H18FNO3S/c1-3-24-19(23)13-8-9-17-16(10-13)21(18(22)12(2)25-17)11-14-6-4-5-7-15(14)20/h4-10,12H,3,11H2,1-2H3. The number of rotatable bonds is 4. The number of hydrogen-bond donors (Lipinski definition) is 0. The Labute approximate surface area is 150 Å². The highest BCUT2D eigenvalue weighted by atomic mass is 32.2. The molecular weight excluding hydrogens is 341 g/mol. The predicted molar refractivity (Wildman–Crippen MR) is 95.3 cm³/mol. The molecule has 1 atom stereocenters. The van der Waals surface area contributed by atoms with Crippen LogP contribution in [-0.4, -0.2) is 23.7 Å². The fraction of sp³-hybridized carbons (Fsp3) is 0.263. The third kappa shape index (κ3) is 3.54. The first kappa shape index (κ1) is 17.5. The zero-order valence-electron chi connectivity index (χ0n) is 14.0. The van der Waals surface area contributed by atoms with Crippen LogP contribution in [0, 0.1) is 5.82 Å². The van der Waals surface area contributed by atoms with E-state index in [1.807, 2.05) is 13.0 Å². The van der Waals surface area contributed by atoms with Gasteiger partial charge in [0.05, 0.1) is 29.7 Å². The molecule has 2 aromatic rings. The van der Waals surface area contributed by atoms with E-state index in [1.54, 1.807) is 37.3 Å². The van der Waals surface area contributed by atoms with Gasteiger partial charge in [-0.05, 0) is 38.1 Å².